The Bertz CT molecular complexity index is 758. The summed E-state index contributed by atoms with van der Waals surface area (Å²) in [7, 11) is 0. The monoisotopic (exact) mass is 287 g/mol. The molecule has 0 radical (unpaired) electrons. The number of carboxylic acid groups (broad SMARTS) is 1. The number of nitrogens with zero attached hydrogens (tertiary/aromatic N) is 3. The van der Waals surface area contributed by atoms with Gasteiger partial charge in [-0.05, 0) is 12.5 Å². The van der Waals surface area contributed by atoms with Crippen LogP contribution in [-0.2, 0) is 11.2 Å². The molecule has 0 aliphatic carbocycles. The van der Waals surface area contributed by atoms with Crippen molar-refractivity contribution in [3.63, 3.8) is 0 Å². The van der Waals surface area contributed by atoms with Crippen molar-refractivity contribution in [2.75, 3.05) is 0 Å². The Kier molecular flexibility index (Phi) is 3.23. The van der Waals surface area contributed by atoms with Crippen molar-refractivity contribution in [3.05, 3.63) is 41.0 Å². The Morgan fingerprint density at radius 1 is 1.30 bits per heavy atom. The second-order valence-corrected chi connectivity index (χ2v) is 5.45. The largest absolute Gasteiger partial charge is 0.481 e. The Hall–Kier alpha value is -2.21. The van der Waals surface area contributed by atoms with Crippen LogP contribution in [0.1, 0.15) is 17.8 Å². The molecule has 0 spiro atoms. The van der Waals surface area contributed by atoms with E-state index in [1.165, 1.54) is 16.9 Å². The summed E-state index contributed by atoms with van der Waals surface area (Å²) in [6, 6.07) is 8.22. The zero-order valence-electron chi connectivity index (χ0n) is 10.9. The zero-order chi connectivity index (χ0) is 14.1. The number of hydrogen-bond donors (Lipinski definition) is 1. The highest BCUT2D eigenvalue weighted by Gasteiger charge is 2.14. The van der Waals surface area contributed by atoms with E-state index < -0.39 is 5.97 Å². The van der Waals surface area contributed by atoms with E-state index in [4.69, 9.17) is 5.11 Å². The van der Waals surface area contributed by atoms with Gasteiger partial charge in [0, 0.05) is 11.8 Å². The van der Waals surface area contributed by atoms with Crippen molar-refractivity contribution in [2.24, 2.45) is 0 Å². The van der Waals surface area contributed by atoms with Gasteiger partial charge in [-0.15, -0.1) is 21.5 Å². The quantitative estimate of drug-likeness (QED) is 0.801. The zero-order valence-corrected chi connectivity index (χ0v) is 11.7. The molecule has 5 nitrogen and oxygen atoms in total. The van der Waals surface area contributed by atoms with Gasteiger partial charge in [0.15, 0.2) is 0 Å². The van der Waals surface area contributed by atoms with E-state index in [-0.39, 0.29) is 6.42 Å². The average molecular weight is 287 g/mol. The van der Waals surface area contributed by atoms with Gasteiger partial charge >= 0.3 is 5.97 Å². The maximum atomic E-state index is 10.7. The third-order valence-corrected chi connectivity index (χ3v) is 3.94. The minimum Gasteiger partial charge on any atom is -0.481 e. The van der Waals surface area contributed by atoms with Crippen molar-refractivity contribution in [3.8, 4) is 11.3 Å². The number of carboxylic acids is 1. The first-order valence-electron chi connectivity index (χ1n) is 6.25. The molecule has 0 unspecified atom stereocenters. The molecular weight excluding hydrogens is 274 g/mol. The number of aromatic nitrogens is 3. The Labute approximate surface area is 119 Å². The summed E-state index contributed by atoms with van der Waals surface area (Å²) in [4.78, 5) is 11.5. The van der Waals surface area contributed by atoms with Crippen LogP contribution in [0.3, 0.4) is 0 Å². The van der Waals surface area contributed by atoms with E-state index in [0.29, 0.717) is 12.2 Å². The minimum absolute atomic E-state index is 0.0595. The lowest BCUT2D eigenvalue weighted by molar-refractivity contribution is -0.137. The predicted molar refractivity (Wildman–Crippen MR) is 77.0 cm³/mol. The molecule has 20 heavy (non-hydrogen) atoms. The lowest BCUT2D eigenvalue weighted by atomic mass is 10.1. The molecule has 3 aromatic rings. The van der Waals surface area contributed by atoms with Crippen LogP contribution in [0.2, 0.25) is 0 Å². The number of carbonyl (C=O) groups is 1. The molecule has 0 aliphatic rings. The molecule has 3 rings (SSSR count). The van der Waals surface area contributed by atoms with Gasteiger partial charge in [-0.1, -0.05) is 29.8 Å². The molecule has 0 aliphatic heterocycles. The molecular formula is C14H13N3O2S. The van der Waals surface area contributed by atoms with E-state index in [1.54, 1.807) is 0 Å². The standard InChI is InChI=1S/C14H13N3O2S/c1-9-2-4-10(5-3-9)11-8-20-14-16-15-12(17(11)14)6-7-13(18)19/h2-5,8H,6-7H2,1H3,(H,18,19). The van der Waals surface area contributed by atoms with Gasteiger partial charge in [0.25, 0.3) is 0 Å². The summed E-state index contributed by atoms with van der Waals surface area (Å²) in [5.41, 5.74) is 3.30. The van der Waals surface area contributed by atoms with Gasteiger partial charge in [0.1, 0.15) is 5.82 Å². The molecule has 2 heterocycles. The highest BCUT2D eigenvalue weighted by molar-refractivity contribution is 7.15. The number of aryl methyl sites for hydroxylation is 2. The highest BCUT2D eigenvalue weighted by atomic mass is 32.1. The Morgan fingerprint density at radius 3 is 2.75 bits per heavy atom. The van der Waals surface area contributed by atoms with Crippen molar-refractivity contribution in [1.82, 2.24) is 14.6 Å². The molecule has 2 aromatic heterocycles. The van der Waals surface area contributed by atoms with E-state index in [9.17, 15) is 4.79 Å². The summed E-state index contributed by atoms with van der Waals surface area (Å²) >= 11 is 1.51. The molecule has 1 N–H and O–H groups in total. The summed E-state index contributed by atoms with van der Waals surface area (Å²) in [6.07, 6.45) is 0.441. The lowest BCUT2D eigenvalue weighted by Crippen LogP contribution is -2.02. The number of hydrogen-bond acceptors (Lipinski definition) is 4. The van der Waals surface area contributed by atoms with Gasteiger partial charge < -0.3 is 5.11 Å². The molecule has 0 fully saturated rings. The van der Waals surface area contributed by atoms with Crippen LogP contribution in [-0.4, -0.2) is 25.7 Å². The molecule has 6 heteroatoms. The smallest absolute Gasteiger partial charge is 0.303 e. The van der Waals surface area contributed by atoms with Crippen LogP contribution in [0, 0.1) is 6.92 Å². The Balaban J connectivity index is 2.04. The highest BCUT2D eigenvalue weighted by Crippen LogP contribution is 2.27. The van der Waals surface area contributed by atoms with E-state index in [2.05, 4.69) is 34.5 Å². The molecule has 0 saturated carbocycles. The van der Waals surface area contributed by atoms with Crippen LogP contribution < -0.4 is 0 Å². The fraction of sp³-hybridized carbons (Fsp3) is 0.214. The van der Waals surface area contributed by atoms with Gasteiger partial charge in [-0.2, -0.15) is 0 Å². The number of benzene rings is 1. The van der Waals surface area contributed by atoms with E-state index >= 15 is 0 Å². The number of thiazole rings is 1. The number of aliphatic carboxylic acids is 1. The Morgan fingerprint density at radius 2 is 2.05 bits per heavy atom. The number of rotatable bonds is 4. The van der Waals surface area contributed by atoms with Crippen LogP contribution in [0.4, 0.5) is 0 Å². The topological polar surface area (TPSA) is 67.5 Å². The molecule has 102 valence electrons. The predicted octanol–water partition coefficient (Wildman–Crippen LogP) is 2.78. The average Bonchev–Trinajstić information content (AvgIpc) is 2.99. The maximum Gasteiger partial charge on any atom is 0.303 e. The van der Waals surface area contributed by atoms with Crippen molar-refractivity contribution in [1.29, 1.82) is 0 Å². The second-order valence-electron chi connectivity index (χ2n) is 4.61. The van der Waals surface area contributed by atoms with Crippen molar-refractivity contribution < 1.29 is 9.90 Å². The molecule has 1 aromatic carbocycles. The van der Waals surface area contributed by atoms with Crippen LogP contribution >= 0.6 is 11.3 Å². The second kappa shape index (κ2) is 5.05. The van der Waals surface area contributed by atoms with Crippen LogP contribution in [0.15, 0.2) is 29.6 Å². The third kappa shape index (κ3) is 2.30. The molecule has 0 amide bonds. The van der Waals surface area contributed by atoms with Gasteiger partial charge in [0.2, 0.25) is 4.96 Å². The van der Waals surface area contributed by atoms with Gasteiger partial charge in [-0.25, -0.2) is 0 Å². The summed E-state index contributed by atoms with van der Waals surface area (Å²) in [5.74, 6) is -0.131. The first kappa shape index (κ1) is 12.8. The van der Waals surface area contributed by atoms with E-state index in [0.717, 1.165) is 16.2 Å². The van der Waals surface area contributed by atoms with E-state index in [1.807, 2.05) is 16.7 Å². The van der Waals surface area contributed by atoms with Crippen LogP contribution in [0.25, 0.3) is 16.2 Å². The maximum absolute atomic E-state index is 10.7. The summed E-state index contributed by atoms with van der Waals surface area (Å²) in [5, 5.41) is 19.0. The lowest BCUT2D eigenvalue weighted by Gasteiger charge is -2.03. The fourth-order valence-electron chi connectivity index (χ4n) is 2.08. The van der Waals surface area contributed by atoms with Crippen LogP contribution in [0.5, 0.6) is 0 Å². The first-order valence-corrected chi connectivity index (χ1v) is 7.13. The van der Waals surface area contributed by atoms with Gasteiger partial charge in [0.05, 0.1) is 12.1 Å². The van der Waals surface area contributed by atoms with Crippen molar-refractivity contribution >= 4 is 22.3 Å². The molecule has 0 bridgehead atoms. The normalized spacial score (nSPS) is 11.1. The molecule has 0 atom stereocenters. The molecule has 0 saturated heterocycles. The third-order valence-electron chi connectivity index (χ3n) is 3.13. The van der Waals surface area contributed by atoms with Gasteiger partial charge in [-0.3, -0.25) is 9.20 Å². The summed E-state index contributed by atoms with van der Waals surface area (Å²) in [6.45, 7) is 2.05. The van der Waals surface area contributed by atoms with Crippen molar-refractivity contribution in [2.45, 2.75) is 19.8 Å². The fourth-order valence-corrected chi connectivity index (χ4v) is 2.94. The summed E-state index contributed by atoms with van der Waals surface area (Å²) < 4.78 is 1.94. The minimum atomic E-state index is -0.825. The number of fused-ring (bicyclic) bond motifs is 1. The SMILES string of the molecule is Cc1ccc(-c2csc3nnc(CCC(=O)O)n23)cc1. The first-order chi connectivity index (χ1) is 9.65.